The summed E-state index contributed by atoms with van der Waals surface area (Å²) in [6.07, 6.45) is 3.37. The average molecular weight is 398 g/mol. The zero-order valence-corrected chi connectivity index (χ0v) is 16.5. The molecular formula is C21H23N3O3S. The average Bonchev–Trinajstić information content (AvgIpc) is 3.12. The molecular weight excluding hydrogens is 374 g/mol. The Kier molecular flexibility index (Phi) is 5.30. The number of sulfone groups is 1. The number of rotatable bonds is 6. The van der Waals surface area contributed by atoms with Crippen LogP contribution in [0.2, 0.25) is 0 Å². The van der Waals surface area contributed by atoms with Crippen molar-refractivity contribution in [2.75, 3.05) is 12.8 Å². The van der Waals surface area contributed by atoms with E-state index in [-0.39, 0.29) is 6.10 Å². The molecule has 1 aromatic heterocycles. The summed E-state index contributed by atoms with van der Waals surface area (Å²) in [5.74, 6) is 0.950. The van der Waals surface area contributed by atoms with Gasteiger partial charge in [-0.25, -0.2) is 13.4 Å². The van der Waals surface area contributed by atoms with Crippen LogP contribution in [0.3, 0.4) is 0 Å². The van der Waals surface area contributed by atoms with Crippen LogP contribution in [0.4, 0.5) is 0 Å². The summed E-state index contributed by atoms with van der Waals surface area (Å²) >= 11 is 0. The minimum Gasteiger partial charge on any atom is -0.367 e. The molecule has 6 nitrogen and oxygen atoms in total. The fourth-order valence-corrected chi connectivity index (χ4v) is 3.93. The Balaban J connectivity index is 1.32. The van der Waals surface area contributed by atoms with Crippen molar-refractivity contribution in [2.45, 2.75) is 30.7 Å². The lowest BCUT2D eigenvalue weighted by Crippen LogP contribution is -2.35. The van der Waals surface area contributed by atoms with Gasteiger partial charge in [0.2, 0.25) is 0 Å². The number of ether oxygens (including phenoxy) is 1. The smallest absolute Gasteiger partial charge is 0.175 e. The highest BCUT2D eigenvalue weighted by molar-refractivity contribution is 7.90. The van der Waals surface area contributed by atoms with Gasteiger partial charge in [0.25, 0.3) is 0 Å². The summed E-state index contributed by atoms with van der Waals surface area (Å²) in [5, 5.41) is 3.39. The van der Waals surface area contributed by atoms with E-state index in [4.69, 9.17) is 4.74 Å². The van der Waals surface area contributed by atoms with Crippen LogP contribution < -0.4 is 5.32 Å². The molecule has 0 amide bonds. The van der Waals surface area contributed by atoms with E-state index in [1.165, 1.54) is 6.26 Å². The monoisotopic (exact) mass is 397 g/mol. The second-order valence-corrected chi connectivity index (χ2v) is 9.06. The van der Waals surface area contributed by atoms with Crippen LogP contribution >= 0.6 is 0 Å². The van der Waals surface area contributed by atoms with E-state index in [0.717, 1.165) is 29.2 Å². The van der Waals surface area contributed by atoms with Crippen molar-refractivity contribution < 1.29 is 13.2 Å². The van der Waals surface area contributed by atoms with Gasteiger partial charge in [-0.05, 0) is 17.7 Å². The van der Waals surface area contributed by atoms with Gasteiger partial charge in [0.05, 0.1) is 23.2 Å². The lowest BCUT2D eigenvalue weighted by molar-refractivity contribution is 0.00278. The minimum absolute atomic E-state index is 0.0700. The standard InChI is InChI=1S/C21H23N3O3S/c1-28(25,26)19-9-7-16(8-10-19)11-22-12-18-13-24-14-20(23-21(24)15-27-18)17-5-3-2-4-6-17/h2-10,14,18,22H,11-13,15H2,1H3/t18-/m0/s1. The zero-order chi connectivity index (χ0) is 19.6. The number of aromatic nitrogens is 2. The second-order valence-electron chi connectivity index (χ2n) is 7.04. The number of hydrogen-bond acceptors (Lipinski definition) is 5. The molecule has 1 N–H and O–H groups in total. The molecule has 0 aliphatic carbocycles. The summed E-state index contributed by atoms with van der Waals surface area (Å²) in [6.45, 7) is 2.64. The molecule has 0 radical (unpaired) electrons. The van der Waals surface area contributed by atoms with Crippen LogP contribution in [0.25, 0.3) is 11.3 Å². The first-order valence-corrected chi connectivity index (χ1v) is 11.1. The molecule has 1 aliphatic rings. The lowest BCUT2D eigenvalue weighted by Gasteiger charge is -2.24. The first kappa shape index (κ1) is 18.9. The van der Waals surface area contributed by atoms with Gasteiger partial charge in [0, 0.05) is 31.1 Å². The molecule has 2 aromatic carbocycles. The molecule has 1 atom stereocenters. The number of fused-ring (bicyclic) bond motifs is 1. The van der Waals surface area contributed by atoms with Crippen LogP contribution in [-0.2, 0) is 34.3 Å². The summed E-state index contributed by atoms with van der Waals surface area (Å²) in [4.78, 5) is 5.02. The summed E-state index contributed by atoms with van der Waals surface area (Å²) in [7, 11) is -3.15. The van der Waals surface area contributed by atoms with E-state index in [1.54, 1.807) is 12.1 Å². The molecule has 0 saturated carbocycles. The Morgan fingerprint density at radius 3 is 2.61 bits per heavy atom. The SMILES string of the molecule is CS(=O)(=O)c1ccc(CNC[C@H]2Cn3cc(-c4ccccc4)nc3CO2)cc1. The van der Waals surface area contributed by atoms with Crippen LogP contribution in [0, 0.1) is 0 Å². The Hall–Kier alpha value is -2.48. The van der Waals surface area contributed by atoms with Crippen LogP contribution in [0.1, 0.15) is 11.4 Å². The Bertz CT molecular complexity index is 1040. The third-order valence-corrected chi connectivity index (χ3v) is 5.96. The highest BCUT2D eigenvalue weighted by Crippen LogP contribution is 2.22. The fourth-order valence-electron chi connectivity index (χ4n) is 3.30. The van der Waals surface area contributed by atoms with Gasteiger partial charge in [0.15, 0.2) is 9.84 Å². The largest absolute Gasteiger partial charge is 0.367 e. The third-order valence-electron chi connectivity index (χ3n) is 4.83. The van der Waals surface area contributed by atoms with Gasteiger partial charge in [-0.3, -0.25) is 0 Å². The first-order chi connectivity index (χ1) is 13.5. The Morgan fingerprint density at radius 2 is 1.89 bits per heavy atom. The first-order valence-electron chi connectivity index (χ1n) is 9.22. The van der Waals surface area contributed by atoms with Crippen molar-refractivity contribution in [3.63, 3.8) is 0 Å². The van der Waals surface area contributed by atoms with Crippen molar-refractivity contribution >= 4 is 9.84 Å². The summed E-state index contributed by atoms with van der Waals surface area (Å²) in [5.41, 5.74) is 3.12. The van der Waals surface area contributed by atoms with Gasteiger partial charge in [0.1, 0.15) is 12.4 Å². The van der Waals surface area contributed by atoms with Crippen LogP contribution in [-0.4, -0.2) is 36.9 Å². The topological polar surface area (TPSA) is 73.2 Å². The molecule has 146 valence electrons. The van der Waals surface area contributed by atoms with E-state index in [2.05, 4.69) is 33.2 Å². The number of imidazole rings is 1. The third kappa shape index (κ3) is 4.32. The lowest BCUT2D eigenvalue weighted by atomic mass is 10.2. The van der Waals surface area contributed by atoms with Crippen molar-refractivity contribution in [1.82, 2.24) is 14.9 Å². The van der Waals surface area contributed by atoms with Crippen molar-refractivity contribution in [1.29, 1.82) is 0 Å². The zero-order valence-electron chi connectivity index (χ0n) is 15.7. The highest BCUT2D eigenvalue weighted by Gasteiger charge is 2.21. The predicted octanol–water partition coefficient (Wildman–Crippen LogP) is 2.64. The quantitative estimate of drug-likeness (QED) is 0.692. The molecule has 2 heterocycles. The Labute approximate surface area is 165 Å². The van der Waals surface area contributed by atoms with E-state index in [0.29, 0.717) is 24.6 Å². The Morgan fingerprint density at radius 1 is 1.14 bits per heavy atom. The molecule has 0 unspecified atom stereocenters. The van der Waals surface area contributed by atoms with E-state index < -0.39 is 9.84 Å². The molecule has 4 rings (SSSR count). The second kappa shape index (κ2) is 7.87. The molecule has 0 saturated heterocycles. The molecule has 28 heavy (non-hydrogen) atoms. The minimum atomic E-state index is -3.15. The van der Waals surface area contributed by atoms with E-state index in [1.807, 2.05) is 30.3 Å². The van der Waals surface area contributed by atoms with Crippen LogP contribution in [0.5, 0.6) is 0 Å². The number of hydrogen-bond donors (Lipinski definition) is 1. The van der Waals surface area contributed by atoms with Gasteiger partial charge >= 0.3 is 0 Å². The van der Waals surface area contributed by atoms with Gasteiger partial charge in [-0.15, -0.1) is 0 Å². The molecule has 0 bridgehead atoms. The predicted molar refractivity (Wildman–Crippen MR) is 107 cm³/mol. The van der Waals surface area contributed by atoms with Crippen molar-refractivity contribution in [2.24, 2.45) is 0 Å². The molecule has 7 heteroatoms. The summed E-state index contributed by atoms with van der Waals surface area (Å²) < 4.78 is 31.1. The maximum Gasteiger partial charge on any atom is 0.175 e. The van der Waals surface area contributed by atoms with Crippen molar-refractivity contribution in [3.8, 4) is 11.3 Å². The molecule has 0 fully saturated rings. The molecule has 3 aromatic rings. The normalized spacial score (nSPS) is 16.7. The number of nitrogens with zero attached hydrogens (tertiary/aromatic N) is 2. The van der Waals surface area contributed by atoms with E-state index >= 15 is 0 Å². The maximum atomic E-state index is 11.5. The number of nitrogens with one attached hydrogen (secondary N) is 1. The van der Waals surface area contributed by atoms with Gasteiger partial charge in [-0.2, -0.15) is 0 Å². The number of benzene rings is 2. The fraction of sp³-hybridized carbons (Fsp3) is 0.286. The van der Waals surface area contributed by atoms with E-state index in [9.17, 15) is 8.42 Å². The van der Waals surface area contributed by atoms with Gasteiger partial charge < -0.3 is 14.6 Å². The highest BCUT2D eigenvalue weighted by atomic mass is 32.2. The summed E-state index contributed by atoms with van der Waals surface area (Å²) in [6, 6.07) is 17.1. The van der Waals surface area contributed by atoms with Gasteiger partial charge in [-0.1, -0.05) is 42.5 Å². The van der Waals surface area contributed by atoms with Crippen molar-refractivity contribution in [3.05, 3.63) is 72.2 Å². The molecule has 0 spiro atoms. The maximum absolute atomic E-state index is 11.5. The molecule has 1 aliphatic heterocycles. The van der Waals surface area contributed by atoms with Crippen LogP contribution in [0.15, 0.2) is 65.7 Å².